The lowest BCUT2D eigenvalue weighted by molar-refractivity contribution is -0.145. The molecule has 1 heterocycles. The lowest BCUT2D eigenvalue weighted by Gasteiger charge is -2.38. The van der Waals surface area contributed by atoms with Crippen molar-refractivity contribution in [3.63, 3.8) is 0 Å². The van der Waals surface area contributed by atoms with Crippen molar-refractivity contribution < 1.29 is 14.7 Å². The molecule has 1 aliphatic heterocycles. The third-order valence-corrected chi connectivity index (χ3v) is 4.63. The first-order valence-corrected chi connectivity index (χ1v) is 7.89. The Kier molecular flexibility index (Phi) is 5.26. The molecule has 1 saturated heterocycles. The Morgan fingerprint density at radius 3 is 2.30 bits per heavy atom. The molecule has 2 unspecified atom stereocenters. The van der Waals surface area contributed by atoms with Crippen LogP contribution in [0.5, 0.6) is 0 Å². The Morgan fingerprint density at radius 1 is 1.05 bits per heavy atom. The molecule has 0 spiro atoms. The Hall–Kier alpha value is -1.26. The fourth-order valence-electron chi connectivity index (χ4n) is 3.47. The van der Waals surface area contributed by atoms with Crippen LogP contribution in [0.2, 0.25) is 0 Å². The van der Waals surface area contributed by atoms with Gasteiger partial charge in [0.15, 0.2) is 0 Å². The molecular formula is C15H26N2O3. The number of piperidine rings is 1. The summed E-state index contributed by atoms with van der Waals surface area (Å²) >= 11 is 0. The van der Waals surface area contributed by atoms with E-state index in [-0.39, 0.29) is 18.0 Å². The first kappa shape index (κ1) is 15.1. The van der Waals surface area contributed by atoms with E-state index in [1.807, 2.05) is 6.92 Å². The highest BCUT2D eigenvalue weighted by Gasteiger charge is 2.37. The molecule has 2 atom stereocenters. The molecule has 2 rings (SSSR count). The van der Waals surface area contributed by atoms with Gasteiger partial charge in [0.25, 0.3) is 0 Å². The number of carbonyl (C=O) groups excluding carboxylic acids is 1. The van der Waals surface area contributed by atoms with Gasteiger partial charge in [-0.2, -0.15) is 0 Å². The van der Waals surface area contributed by atoms with Gasteiger partial charge >= 0.3 is 12.0 Å². The van der Waals surface area contributed by atoms with Crippen LogP contribution in [0.1, 0.15) is 58.3 Å². The van der Waals surface area contributed by atoms with Gasteiger partial charge in [-0.3, -0.25) is 0 Å². The monoisotopic (exact) mass is 282 g/mol. The van der Waals surface area contributed by atoms with Crippen LogP contribution < -0.4 is 5.32 Å². The van der Waals surface area contributed by atoms with Crippen LogP contribution in [0.25, 0.3) is 0 Å². The summed E-state index contributed by atoms with van der Waals surface area (Å²) in [6.45, 7) is 2.48. The molecule has 2 amide bonds. The number of nitrogens with one attached hydrogen (secondary N) is 1. The highest BCUT2D eigenvalue weighted by atomic mass is 16.4. The summed E-state index contributed by atoms with van der Waals surface area (Å²) in [4.78, 5) is 25.3. The van der Waals surface area contributed by atoms with E-state index in [0.717, 1.165) is 38.5 Å². The zero-order valence-electron chi connectivity index (χ0n) is 12.3. The third kappa shape index (κ3) is 3.64. The van der Waals surface area contributed by atoms with E-state index in [9.17, 15) is 14.7 Å². The molecule has 2 aliphatic rings. The van der Waals surface area contributed by atoms with Crippen LogP contribution in [0.3, 0.4) is 0 Å². The normalized spacial score (nSPS) is 28.8. The van der Waals surface area contributed by atoms with Gasteiger partial charge in [-0.05, 0) is 31.6 Å². The SMILES string of the molecule is CC1CCCN(C(=O)NC2CCCCCC2)C1C(=O)O. The summed E-state index contributed by atoms with van der Waals surface area (Å²) < 4.78 is 0. The van der Waals surface area contributed by atoms with Crippen molar-refractivity contribution in [3.05, 3.63) is 0 Å². The number of likely N-dealkylation sites (tertiary alicyclic amines) is 1. The molecule has 0 aromatic carbocycles. The summed E-state index contributed by atoms with van der Waals surface area (Å²) in [6.07, 6.45) is 8.61. The minimum atomic E-state index is -0.881. The number of carbonyl (C=O) groups is 2. The van der Waals surface area contributed by atoms with Crippen LogP contribution in [0.15, 0.2) is 0 Å². The van der Waals surface area contributed by atoms with Gasteiger partial charge in [0.2, 0.25) is 0 Å². The van der Waals surface area contributed by atoms with E-state index < -0.39 is 12.0 Å². The van der Waals surface area contributed by atoms with Gasteiger partial charge in [-0.15, -0.1) is 0 Å². The predicted octanol–water partition coefficient (Wildman–Crippen LogP) is 2.60. The Labute approximate surface area is 120 Å². The van der Waals surface area contributed by atoms with E-state index in [0.29, 0.717) is 6.54 Å². The lowest BCUT2D eigenvalue weighted by atomic mass is 9.91. The van der Waals surface area contributed by atoms with Crippen LogP contribution in [-0.2, 0) is 4.79 Å². The molecule has 0 aromatic rings. The molecule has 2 fully saturated rings. The fourth-order valence-corrected chi connectivity index (χ4v) is 3.47. The van der Waals surface area contributed by atoms with Gasteiger partial charge in [0.1, 0.15) is 6.04 Å². The second-order valence-electron chi connectivity index (χ2n) is 6.23. The fraction of sp³-hybridized carbons (Fsp3) is 0.867. The third-order valence-electron chi connectivity index (χ3n) is 4.63. The van der Waals surface area contributed by atoms with Crippen molar-refractivity contribution in [2.75, 3.05) is 6.54 Å². The molecule has 0 bridgehead atoms. The molecule has 1 aliphatic carbocycles. The zero-order chi connectivity index (χ0) is 14.5. The van der Waals surface area contributed by atoms with Crippen LogP contribution in [0.4, 0.5) is 4.79 Å². The maximum atomic E-state index is 12.4. The van der Waals surface area contributed by atoms with E-state index >= 15 is 0 Å². The standard InChI is InChI=1S/C15H26N2O3/c1-11-7-6-10-17(13(11)14(18)19)15(20)16-12-8-4-2-3-5-9-12/h11-13H,2-10H2,1H3,(H,16,20)(H,18,19). The molecule has 20 heavy (non-hydrogen) atoms. The van der Waals surface area contributed by atoms with Crippen LogP contribution in [-0.4, -0.2) is 40.6 Å². The Morgan fingerprint density at radius 2 is 1.70 bits per heavy atom. The largest absolute Gasteiger partial charge is 0.480 e. The molecular weight excluding hydrogens is 256 g/mol. The molecule has 0 radical (unpaired) electrons. The lowest BCUT2D eigenvalue weighted by Crippen LogP contribution is -2.56. The van der Waals surface area contributed by atoms with Crippen molar-refractivity contribution in [2.24, 2.45) is 5.92 Å². The number of carboxylic acid groups (broad SMARTS) is 1. The number of amides is 2. The van der Waals surface area contributed by atoms with Gasteiger partial charge in [0.05, 0.1) is 0 Å². The minimum Gasteiger partial charge on any atom is -0.480 e. The number of rotatable bonds is 2. The molecule has 2 N–H and O–H groups in total. The molecule has 5 heteroatoms. The second-order valence-corrected chi connectivity index (χ2v) is 6.23. The number of urea groups is 1. The molecule has 0 aromatic heterocycles. The second kappa shape index (κ2) is 6.95. The highest BCUT2D eigenvalue weighted by Crippen LogP contribution is 2.24. The number of nitrogens with zero attached hydrogens (tertiary/aromatic N) is 1. The van der Waals surface area contributed by atoms with Gasteiger partial charge in [0, 0.05) is 12.6 Å². The quantitative estimate of drug-likeness (QED) is 0.765. The summed E-state index contributed by atoms with van der Waals surface area (Å²) in [5.74, 6) is -0.852. The minimum absolute atomic E-state index is 0.0288. The molecule has 1 saturated carbocycles. The number of hydrogen-bond donors (Lipinski definition) is 2. The van der Waals surface area contributed by atoms with Crippen molar-refractivity contribution >= 4 is 12.0 Å². The van der Waals surface area contributed by atoms with Gasteiger partial charge in [-0.1, -0.05) is 32.6 Å². The Balaban J connectivity index is 1.96. The first-order chi connectivity index (χ1) is 9.59. The average Bonchev–Trinajstić information content (AvgIpc) is 2.66. The van der Waals surface area contributed by atoms with E-state index in [1.54, 1.807) is 0 Å². The summed E-state index contributed by atoms with van der Waals surface area (Å²) in [5, 5.41) is 12.4. The topological polar surface area (TPSA) is 69.6 Å². The highest BCUT2D eigenvalue weighted by molar-refractivity contribution is 5.83. The average molecular weight is 282 g/mol. The summed E-state index contributed by atoms with van der Waals surface area (Å²) in [7, 11) is 0. The van der Waals surface area contributed by atoms with E-state index in [4.69, 9.17) is 0 Å². The zero-order valence-corrected chi connectivity index (χ0v) is 12.3. The van der Waals surface area contributed by atoms with Crippen molar-refractivity contribution in [3.8, 4) is 0 Å². The molecule has 5 nitrogen and oxygen atoms in total. The van der Waals surface area contributed by atoms with Gasteiger partial charge in [-0.25, -0.2) is 9.59 Å². The van der Waals surface area contributed by atoms with Crippen molar-refractivity contribution in [1.82, 2.24) is 10.2 Å². The van der Waals surface area contributed by atoms with E-state index in [2.05, 4.69) is 5.32 Å². The number of hydrogen-bond acceptors (Lipinski definition) is 2. The summed E-state index contributed by atoms with van der Waals surface area (Å²) in [6, 6.07) is -0.637. The van der Waals surface area contributed by atoms with E-state index in [1.165, 1.54) is 17.7 Å². The van der Waals surface area contributed by atoms with Crippen molar-refractivity contribution in [1.29, 1.82) is 0 Å². The van der Waals surface area contributed by atoms with Crippen LogP contribution in [0, 0.1) is 5.92 Å². The smallest absolute Gasteiger partial charge is 0.326 e. The number of carboxylic acids is 1. The maximum absolute atomic E-state index is 12.4. The summed E-state index contributed by atoms with van der Waals surface area (Å²) in [5.41, 5.74) is 0. The first-order valence-electron chi connectivity index (χ1n) is 7.89. The predicted molar refractivity (Wildman–Crippen MR) is 76.5 cm³/mol. The van der Waals surface area contributed by atoms with Gasteiger partial charge < -0.3 is 15.3 Å². The Bertz CT molecular complexity index is 351. The maximum Gasteiger partial charge on any atom is 0.326 e. The number of aliphatic carboxylic acids is 1. The van der Waals surface area contributed by atoms with Crippen molar-refractivity contribution in [2.45, 2.75) is 70.4 Å². The van der Waals surface area contributed by atoms with Crippen LogP contribution >= 0.6 is 0 Å². The molecule has 114 valence electrons.